The fourth-order valence-electron chi connectivity index (χ4n) is 3.02. The summed E-state index contributed by atoms with van der Waals surface area (Å²) in [6.07, 6.45) is 0. The SMILES string of the molecule is CCOc1ccccc1C1SCC(=O)N1CC(=O)NCC(=O)OCc1ccccc1. The second kappa shape index (κ2) is 10.7. The van der Waals surface area contributed by atoms with Crippen LogP contribution in [0, 0.1) is 0 Å². The van der Waals surface area contributed by atoms with Gasteiger partial charge in [-0.15, -0.1) is 11.8 Å². The summed E-state index contributed by atoms with van der Waals surface area (Å²) in [5, 5.41) is 2.22. The van der Waals surface area contributed by atoms with Crippen LogP contribution in [0.15, 0.2) is 54.6 Å². The molecule has 0 radical (unpaired) electrons. The van der Waals surface area contributed by atoms with Crippen LogP contribution in [0.25, 0.3) is 0 Å². The molecule has 1 N–H and O–H groups in total. The highest BCUT2D eigenvalue weighted by molar-refractivity contribution is 8.00. The third kappa shape index (κ3) is 5.76. The van der Waals surface area contributed by atoms with E-state index in [1.165, 1.54) is 16.7 Å². The highest BCUT2D eigenvalue weighted by Crippen LogP contribution is 2.42. The number of thioether (sulfide) groups is 1. The fourth-order valence-corrected chi connectivity index (χ4v) is 4.24. The second-order valence-electron chi connectivity index (χ2n) is 6.58. The van der Waals surface area contributed by atoms with Gasteiger partial charge in [0.1, 0.15) is 30.8 Å². The summed E-state index contributed by atoms with van der Waals surface area (Å²) < 4.78 is 10.8. The van der Waals surface area contributed by atoms with Gasteiger partial charge in [0.25, 0.3) is 0 Å². The molecule has 1 heterocycles. The normalized spacial score (nSPS) is 15.7. The van der Waals surface area contributed by atoms with E-state index in [4.69, 9.17) is 9.47 Å². The molecule has 0 bridgehead atoms. The average molecular weight is 429 g/mol. The predicted molar refractivity (Wildman–Crippen MR) is 114 cm³/mol. The Kier molecular flexibility index (Phi) is 7.73. The number of hydrogen-bond donors (Lipinski definition) is 1. The number of nitrogens with one attached hydrogen (secondary N) is 1. The lowest BCUT2D eigenvalue weighted by Gasteiger charge is -2.25. The van der Waals surface area contributed by atoms with Crippen LogP contribution in [0.3, 0.4) is 0 Å². The summed E-state index contributed by atoms with van der Waals surface area (Å²) in [7, 11) is 0. The molecule has 0 aromatic heterocycles. The van der Waals surface area contributed by atoms with Crippen molar-refractivity contribution >= 4 is 29.5 Å². The van der Waals surface area contributed by atoms with Gasteiger partial charge < -0.3 is 19.7 Å². The van der Waals surface area contributed by atoms with Crippen LogP contribution in [0.4, 0.5) is 0 Å². The lowest BCUT2D eigenvalue weighted by Crippen LogP contribution is -2.41. The Bertz CT molecular complexity index is 890. The van der Waals surface area contributed by atoms with E-state index in [9.17, 15) is 14.4 Å². The van der Waals surface area contributed by atoms with Crippen LogP contribution in [-0.4, -0.2) is 48.1 Å². The zero-order chi connectivity index (χ0) is 21.3. The van der Waals surface area contributed by atoms with E-state index in [0.717, 1.165) is 11.1 Å². The maximum Gasteiger partial charge on any atom is 0.325 e. The van der Waals surface area contributed by atoms with Gasteiger partial charge in [-0.05, 0) is 18.6 Å². The van der Waals surface area contributed by atoms with Crippen LogP contribution in [0.2, 0.25) is 0 Å². The molecule has 1 aliphatic heterocycles. The Morgan fingerprint density at radius 1 is 1.13 bits per heavy atom. The van der Waals surface area contributed by atoms with Crippen molar-refractivity contribution in [2.24, 2.45) is 0 Å². The maximum absolute atomic E-state index is 12.4. The molecule has 158 valence electrons. The van der Waals surface area contributed by atoms with E-state index in [0.29, 0.717) is 12.4 Å². The average Bonchev–Trinajstić information content (AvgIpc) is 3.12. The lowest BCUT2D eigenvalue weighted by molar-refractivity contribution is -0.145. The van der Waals surface area contributed by atoms with E-state index >= 15 is 0 Å². The smallest absolute Gasteiger partial charge is 0.325 e. The molecular formula is C22H24N2O5S. The first-order valence-electron chi connectivity index (χ1n) is 9.67. The van der Waals surface area contributed by atoms with Crippen molar-refractivity contribution in [3.05, 3.63) is 65.7 Å². The summed E-state index contributed by atoms with van der Waals surface area (Å²) in [6.45, 7) is 2.16. The summed E-state index contributed by atoms with van der Waals surface area (Å²) in [6, 6.07) is 16.8. The molecule has 1 saturated heterocycles. The van der Waals surface area contributed by atoms with Crippen molar-refractivity contribution in [3.8, 4) is 5.75 Å². The summed E-state index contributed by atoms with van der Waals surface area (Å²) in [4.78, 5) is 38.1. The molecule has 0 saturated carbocycles. The number of nitrogens with zero attached hydrogens (tertiary/aromatic N) is 1. The summed E-state index contributed by atoms with van der Waals surface area (Å²) >= 11 is 1.45. The fraction of sp³-hybridized carbons (Fsp3) is 0.318. The molecule has 2 aromatic rings. The number of hydrogen-bond acceptors (Lipinski definition) is 6. The first kappa shape index (κ1) is 21.7. The topological polar surface area (TPSA) is 84.9 Å². The van der Waals surface area contributed by atoms with Gasteiger partial charge in [0, 0.05) is 5.56 Å². The Balaban J connectivity index is 1.53. The molecule has 8 heteroatoms. The van der Waals surface area contributed by atoms with Crippen LogP contribution in [0.5, 0.6) is 5.75 Å². The van der Waals surface area contributed by atoms with Crippen LogP contribution in [0.1, 0.15) is 23.4 Å². The largest absolute Gasteiger partial charge is 0.493 e. The highest BCUT2D eigenvalue weighted by Gasteiger charge is 2.35. The molecule has 1 aliphatic rings. The molecule has 1 atom stereocenters. The minimum atomic E-state index is -0.535. The third-order valence-electron chi connectivity index (χ3n) is 4.44. The number of amides is 2. The molecule has 3 rings (SSSR count). The number of benzene rings is 2. The van der Waals surface area contributed by atoms with Gasteiger partial charge in [0.15, 0.2) is 0 Å². The molecule has 0 spiro atoms. The third-order valence-corrected chi connectivity index (χ3v) is 5.68. The predicted octanol–water partition coefficient (Wildman–Crippen LogP) is 2.52. The highest BCUT2D eigenvalue weighted by atomic mass is 32.2. The molecule has 0 aliphatic carbocycles. The molecule has 7 nitrogen and oxygen atoms in total. The number of carbonyl (C=O) groups is 3. The van der Waals surface area contributed by atoms with Crippen molar-refractivity contribution in [3.63, 3.8) is 0 Å². The zero-order valence-electron chi connectivity index (χ0n) is 16.7. The molecule has 1 fully saturated rings. The van der Waals surface area contributed by atoms with E-state index in [-0.39, 0.29) is 36.7 Å². The Labute approximate surface area is 179 Å². The van der Waals surface area contributed by atoms with Crippen LogP contribution >= 0.6 is 11.8 Å². The molecule has 2 aromatic carbocycles. The van der Waals surface area contributed by atoms with E-state index < -0.39 is 11.9 Å². The lowest BCUT2D eigenvalue weighted by atomic mass is 10.2. The number of para-hydroxylation sites is 1. The molecule has 1 unspecified atom stereocenters. The maximum atomic E-state index is 12.4. The molecular weight excluding hydrogens is 404 g/mol. The van der Waals surface area contributed by atoms with Crippen molar-refractivity contribution in [1.82, 2.24) is 10.2 Å². The Hall–Kier alpha value is -3.00. The van der Waals surface area contributed by atoms with Gasteiger partial charge in [0.05, 0.1) is 12.4 Å². The zero-order valence-corrected chi connectivity index (χ0v) is 17.5. The summed E-state index contributed by atoms with van der Waals surface area (Å²) in [5.74, 6) is -0.0912. The Morgan fingerprint density at radius 2 is 1.87 bits per heavy atom. The van der Waals surface area contributed by atoms with E-state index in [1.807, 2.05) is 61.5 Å². The number of ether oxygens (including phenoxy) is 2. The van der Waals surface area contributed by atoms with Crippen LogP contribution < -0.4 is 10.1 Å². The quantitative estimate of drug-likeness (QED) is 0.618. The van der Waals surface area contributed by atoms with Gasteiger partial charge in [-0.3, -0.25) is 14.4 Å². The molecule has 2 amide bonds. The van der Waals surface area contributed by atoms with Gasteiger partial charge in [-0.25, -0.2) is 0 Å². The minimum absolute atomic E-state index is 0.127. The number of carbonyl (C=O) groups excluding carboxylic acids is 3. The van der Waals surface area contributed by atoms with E-state index in [2.05, 4.69) is 5.32 Å². The Morgan fingerprint density at radius 3 is 2.63 bits per heavy atom. The standard InChI is InChI=1S/C22H24N2O5S/c1-2-28-18-11-7-6-10-17(18)22-24(20(26)15-30-22)13-19(25)23-12-21(27)29-14-16-8-4-3-5-9-16/h3-11,22H,2,12-15H2,1H3,(H,23,25). The van der Waals surface area contributed by atoms with Crippen molar-refractivity contribution in [2.75, 3.05) is 25.4 Å². The van der Waals surface area contributed by atoms with Gasteiger partial charge >= 0.3 is 5.97 Å². The first-order valence-corrected chi connectivity index (χ1v) is 10.7. The first-order chi connectivity index (χ1) is 14.6. The monoisotopic (exact) mass is 428 g/mol. The van der Waals surface area contributed by atoms with E-state index in [1.54, 1.807) is 0 Å². The molecule has 30 heavy (non-hydrogen) atoms. The van der Waals surface area contributed by atoms with Gasteiger partial charge in [-0.1, -0.05) is 48.5 Å². The number of esters is 1. The van der Waals surface area contributed by atoms with Crippen molar-refractivity contribution < 1.29 is 23.9 Å². The summed E-state index contributed by atoms with van der Waals surface area (Å²) in [5.41, 5.74) is 1.72. The minimum Gasteiger partial charge on any atom is -0.493 e. The second-order valence-corrected chi connectivity index (χ2v) is 7.65. The van der Waals surface area contributed by atoms with Gasteiger partial charge in [0.2, 0.25) is 11.8 Å². The van der Waals surface area contributed by atoms with Gasteiger partial charge in [-0.2, -0.15) is 0 Å². The number of rotatable bonds is 9. The van der Waals surface area contributed by atoms with Crippen molar-refractivity contribution in [1.29, 1.82) is 0 Å². The van der Waals surface area contributed by atoms with Crippen LogP contribution in [-0.2, 0) is 25.7 Å². The van der Waals surface area contributed by atoms with Crippen molar-refractivity contribution in [2.45, 2.75) is 18.9 Å².